The van der Waals surface area contributed by atoms with Gasteiger partial charge in [-0.1, -0.05) is 6.92 Å². The van der Waals surface area contributed by atoms with Crippen molar-refractivity contribution in [3.05, 3.63) is 5.70 Å². The van der Waals surface area contributed by atoms with E-state index in [1.165, 1.54) is 0 Å². The summed E-state index contributed by atoms with van der Waals surface area (Å²) in [7, 11) is 0. The lowest BCUT2D eigenvalue weighted by atomic mass is 10.4. The molecule has 0 spiro atoms. The molecule has 6 heavy (non-hydrogen) atoms. The Hall–Kier alpha value is -0.750. The lowest BCUT2D eigenvalue weighted by Crippen LogP contribution is -1.93. The minimum Gasteiger partial charge on any atom is -0.395 e. The molecule has 3 N–H and O–H groups in total. The Morgan fingerprint density at radius 2 is 2.50 bits per heavy atom. The monoisotopic (exact) mass is 84.1 g/mol. The minimum atomic E-state index is 0.509. The Labute approximate surface area is 37.2 Å². The van der Waals surface area contributed by atoms with E-state index >= 15 is 0 Å². The van der Waals surface area contributed by atoms with Gasteiger partial charge in [-0.15, -0.1) is 0 Å². The summed E-state index contributed by atoms with van der Waals surface area (Å²) in [5, 5.41) is 6.40. The van der Waals surface area contributed by atoms with Gasteiger partial charge in [-0.2, -0.15) is 0 Å². The van der Waals surface area contributed by atoms with E-state index in [9.17, 15) is 0 Å². The highest BCUT2D eigenvalue weighted by molar-refractivity contribution is 5.52. The highest BCUT2D eigenvalue weighted by atomic mass is 14.6. The van der Waals surface area contributed by atoms with Crippen molar-refractivity contribution < 1.29 is 0 Å². The molecule has 0 rings (SSSR count). The second kappa shape index (κ2) is 2.49. The van der Waals surface area contributed by atoms with Crippen LogP contribution in [0.2, 0.25) is 0 Å². The fourth-order valence-corrected chi connectivity index (χ4v) is 0.0884. The first-order valence-electron chi connectivity index (χ1n) is 1.85. The summed E-state index contributed by atoms with van der Waals surface area (Å²) in [4.78, 5) is 0. The Morgan fingerprint density at radius 3 is 2.50 bits per heavy atom. The summed E-state index contributed by atoms with van der Waals surface area (Å²) in [6.45, 7) is 1.89. The van der Waals surface area contributed by atoms with Crippen LogP contribution in [0.4, 0.5) is 0 Å². The van der Waals surface area contributed by atoms with Gasteiger partial charge in [0.2, 0.25) is 0 Å². The van der Waals surface area contributed by atoms with Gasteiger partial charge in [0.25, 0.3) is 0 Å². The molecule has 0 aromatic carbocycles. The van der Waals surface area contributed by atoms with E-state index in [-0.39, 0.29) is 0 Å². The number of hydrogen-bond acceptors (Lipinski definition) is 2. The summed E-state index contributed by atoms with van der Waals surface area (Å²) in [6, 6.07) is 0. The van der Waals surface area contributed by atoms with E-state index < -0.39 is 0 Å². The second-order valence-corrected chi connectivity index (χ2v) is 1.00. The third-order valence-electron chi connectivity index (χ3n) is 0.541. The maximum atomic E-state index is 6.40. The summed E-state index contributed by atoms with van der Waals surface area (Å²) in [5.74, 6) is 2.06. The van der Waals surface area contributed by atoms with Gasteiger partial charge >= 0.3 is 0 Å². The molecule has 0 aromatic rings. The molecule has 34 valence electrons. The molecule has 0 heterocycles. The zero-order valence-corrected chi connectivity index (χ0v) is 3.78. The van der Waals surface area contributed by atoms with Crippen molar-refractivity contribution in [2.24, 2.45) is 5.73 Å². The van der Waals surface area contributed by atoms with E-state index in [0.29, 0.717) is 5.70 Å². The highest BCUT2D eigenvalue weighted by Crippen LogP contribution is 1.78. The molecule has 2 nitrogen and oxygen atoms in total. The van der Waals surface area contributed by atoms with Gasteiger partial charge in [-0.25, -0.2) is 0 Å². The van der Waals surface area contributed by atoms with Gasteiger partial charge in [-0.3, -0.25) is 5.41 Å². The predicted molar refractivity (Wildman–Crippen MR) is 25.7 cm³/mol. The van der Waals surface area contributed by atoms with Crippen LogP contribution in [-0.2, 0) is 0 Å². The van der Waals surface area contributed by atoms with Crippen molar-refractivity contribution in [2.45, 2.75) is 13.3 Å². The van der Waals surface area contributed by atoms with Gasteiger partial charge in [0.1, 0.15) is 0 Å². The number of hydrogen-bond donors (Lipinski definition) is 2. The van der Waals surface area contributed by atoms with Crippen molar-refractivity contribution >= 4 is 5.87 Å². The molecule has 0 atom stereocenters. The number of rotatable bonds is 1. The topological polar surface area (TPSA) is 49.9 Å². The van der Waals surface area contributed by atoms with Crippen molar-refractivity contribution in [1.29, 1.82) is 5.41 Å². The smallest absolute Gasteiger partial charge is 0.0699 e. The summed E-state index contributed by atoms with van der Waals surface area (Å²) >= 11 is 0. The highest BCUT2D eigenvalue weighted by Gasteiger charge is 1.73. The SMILES string of the molecule is CCC(N)=C=N. The number of nitrogens with one attached hydrogen (secondary N) is 1. The van der Waals surface area contributed by atoms with Crippen LogP contribution in [0.15, 0.2) is 5.70 Å². The average Bonchev–Trinajstić information content (AvgIpc) is 1.65. The van der Waals surface area contributed by atoms with Crippen LogP contribution in [0.5, 0.6) is 0 Å². The molecule has 0 aliphatic rings. The lowest BCUT2D eigenvalue weighted by Gasteiger charge is -1.80. The lowest BCUT2D eigenvalue weighted by molar-refractivity contribution is 1.09. The first kappa shape index (κ1) is 5.25. The van der Waals surface area contributed by atoms with Gasteiger partial charge in [0.05, 0.1) is 5.70 Å². The molecular weight excluding hydrogens is 76.1 g/mol. The molecule has 0 amide bonds. The molecule has 0 unspecified atom stereocenters. The standard InChI is InChI=1S/C4H8N2/c1-2-4(6)3-5/h5H,2,6H2,1H3. The van der Waals surface area contributed by atoms with Gasteiger partial charge in [0.15, 0.2) is 0 Å². The van der Waals surface area contributed by atoms with E-state index in [0.717, 1.165) is 6.42 Å². The Kier molecular flexibility index (Phi) is 2.17. The number of nitrogens with two attached hydrogens (primary N) is 1. The van der Waals surface area contributed by atoms with Gasteiger partial charge in [-0.05, 0) is 12.3 Å². The molecule has 2 heteroatoms. The molecular formula is C4H8N2. The molecule has 0 radical (unpaired) electrons. The molecule has 0 bridgehead atoms. The quantitative estimate of drug-likeness (QED) is 0.446. The van der Waals surface area contributed by atoms with Crippen LogP contribution in [0.3, 0.4) is 0 Å². The average molecular weight is 84.1 g/mol. The predicted octanol–water partition coefficient (Wildman–Crippen LogP) is 0.487. The minimum absolute atomic E-state index is 0.509. The largest absolute Gasteiger partial charge is 0.395 e. The molecule has 0 aliphatic heterocycles. The van der Waals surface area contributed by atoms with Crippen LogP contribution < -0.4 is 5.73 Å². The Bertz CT molecular complexity index is 79.5. The zero-order chi connectivity index (χ0) is 4.99. The number of allylic oxidation sites excluding steroid dienone is 1. The summed E-state index contributed by atoms with van der Waals surface area (Å²) < 4.78 is 0. The molecule has 0 saturated carbocycles. The van der Waals surface area contributed by atoms with Gasteiger partial charge < -0.3 is 5.73 Å². The third-order valence-corrected chi connectivity index (χ3v) is 0.541. The van der Waals surface area contributed by atoms with Crippen molar-refractivity contribution in [1.82, 2.24) is 0 Å². The van der Waals surface area contributed by atoms with Crippen molar-refractivity contribution in [3.8, 4) is 0 Å². The van der Waals surface area contributed by atoms with E-state index in [2.05, 4.69) is 5.87 Å². The second-order valence-electron chi connectivity index (χ2n) is 1.00. The Morgan fingerprint density at radius 1 is 2.00 bits per heavy atom. The molecule has 0 aliphatic carbocycles. The normalized spacial score (nSPS) is 6.83. The van der Waals surface area contributed by atoms with E-state index in [1.807, 2.05) is 6.92 Å². The van der Waals surface area contributed by atoms with E-state index in [4.69, 9.17) is 11.1 Å². The van der Waals surface area contributed by atoms with E-state index in [1.54, 1.807) is 0 Å². The molecule has 0 aromatic heterocycles. The van der Waals surface area contributed by atoms with Crippen LogP contribution in [-0.4, -0.2) is 5.87 Å². The van der Waals surface area contributed by atoms with Crippen molar-refractivity contribution in [3.63, 3.8) is 0 Å². The summed E-state index contributed by atoms with van der Waals surface area (Å²) in [5.41, 5.74) is 5.60. The van der Waals surface area contributed by atoms with Gasteiger partial charge in [0, 0.05) is 0 Å². The maximum Gasteiger partial charge on any atom is 0.0699 e. The Balaban J connectivity index is 3.52. The fraction of sp³-hybridized carbons (Fsp3) is 0.500. The first-order valence-corrected chi connectivity index (χ1v) is 1.85. The van der Waals surface area contributed by atoms with Crippen LogP contribution in [0, 0.1) is 5.41 Å². The first-order chi connectivity index (χ1) is 2.81. The zero-order valence-electron chi connectivity index (χ0n) is 3.78. The summed E-state index contributed by atoms with van der Waals surface area (Å²) in [6.07, 6.45) is 0.726. The maximum absolute atomic E-state index is 6.40. The third kappa shape index (κ3) is 1.56. The van der Waals surface area contributed by atoms with Crippen molar-refractivity contribution in [2.75, 3.05) is 0 Å². The molecule has 0 saturated heterocycles. The molecule has 0 fully saturated rings. The van der Waals surface area contributed by atoms with Crippen LogP contribution in [0.25, 0.3) is 0 Å². The fourth-order valence-electron chi connectivity index (χ4n) is 0.0884. The van der Waals surface area contributed by atoms with Crippen LogP contribution in [0.1, 0.15) is 13.3 Å². The van der Waals surface area contributed by atoms with Crippen LogP contribution >= 0.6 is 0 Å².